The van der Waals surface area contributed by atoms with Crippen LogP contribution in [0.4, 0.5) is 0 Å². The van der Waals surface area contributed by atoms with E-state index in [0.717, 1.165) is 42.8 Å². The fraction of sp³-hybridized carbons (Fsp3) is 0.440. The summed E-state index contributed by atoms with van der Waals surface area (Å²) < 4.78 is 11.3. The third kappa shape index (κ3) is 5.44. The molecule has 2 amide bonds. The molecule has 2 aromatic rings. The molecule has 2 aliphatic heterocycles. The summed E-state index contributed by atoms with van der Waals surface area (Å²) in [5.74, 6) is 1.36. The molecule has 0 saturated carbocycles. The Morgan fingerprint density at radius 2 is 1.55 bits per heavy atom. The molecule has 0 bridgehead atoms. The summed E-state index contributed by atoms with van der Waals surface area (Å²) in [4.78, 5) is 29.0. The summed E-state index contributed by atoms with van der Waals surface area (Å²) in [6, 6.07) is 15.2. The van der Waals surface area contributed by atoms with Crippen molar-refractivity contribution in [3.8, 4) is 5.75 Å². The molecule has 0 unspecified atom stereocenters. The van der Waals surface area contributed by atoms with Gasteiger partial charge in [-0.05, 0) is 62.1 Å². The number of rotatable bonds is 5. The Morgan fingerprint density at radius 1 is 0.903 bits per heavy atom. The third-order valence-electron chi connectivity index (χ3n) is 6.05. The fourth-order valence-corrected chi connectivity index (χ4v) is 4.12. The second-order valence-electron chi connectivity index (χ2n) is 8.35. The summed E-state index contributed by atoms with van der Waals surface area (Å²) in [7, 11) is 0. The van der Waals surface area contributed by atoms with Crippen molar-refractivity contribution >= 4 is 11.8 Å². The van der Waals surface area contributed by atoms with Crippen LogP contribution in [0.25, 0.3) is 0 Å². The Bertz CT molecular complexity index is 898. The summed E-state index contributed by atoms with van der Waals surface area (Å²) >= 11 is 0. The number of amides is 2. The average molecular weight is 423 g/mol. The predicted octanol–water partition coefficient (Wildman–Crippen LogP) is 3.40. The monoisotopic (exact) mass is 422 g/mol. The van der Waals surface area contributed by atoms with E-state index in [4.69, 9.17) is 9.47 Å². The molecule has 0 atom stereocenters. The van der Waals surface area contributed by atoms with Gasteiger partial charge in [-0.2, -0.15) is 0 Å². The molecular weight excluding hydrogens is 392 g/mol. The van der Waals surface area contributed by atoms with Crippen LogP contribution >= 0.6 is 0 Å². The zero-order valence-corrected chi connectivity index (χ0v) is 18.1. The van der Waals surface area contributed by atoms with Crippen molar-refractivity contribution in [1.29, 1.82) is 0 Å². The average Bonchev–Trinajstić information content (AvgIpc) is 2.83. The lowest BCUT2D eigenvalue weighted by Gasteiger charge is -2.32. The summed E-state index contributed by atoms with van der Waals surface area (Å²) in [5, 5.41) is 0. The highest BCUT2D eigenvalue weighted by Crippen LogP contribution is 2.22. The van der Waals surface area contributed by atoms with Crippen molar-refractivity contribution in [3.05, 3.63) is 65.2 Å². The molecule has 2 saturated heterocycles. The standard InChI is InChI=1S/C25H30N2O4/c1-19-3-2-4-22(17-19)25(29)26-11-9-20(10-12-26)18-31-23-7-5-21(6-8-23)24(28)27-13-15-30-16-14-27/h2-8,17,20H,9-16,18H2,1H3. The lowest BCUT2D eigenvalue weighted by molar-refractivity contribution is 0.0303. The van der Waals surface area contributed by atoms with Crippen LogP contribution in [0.5, 0.6) is 5.75 Å². The largest absolute Gasteiger partial charge is 0.493 e. The summed E-state index contributed by atoms with van der Waals surface area (Å²) in [6.45, 7) is 6.63. The van der Waals surface area contributed by atoms with Crippen LogP contribution in [0.15, 0.2) is 48.5 Å². The Hall–Kier alpha value is -2.86. The van der Waals surface area contributed by atoms with Gasteiger partial charge in [-0.15, -0.1) is 0 Å². The van der Waals surface area contributed by atoms with Gasteiger partial charge in [0.25, 0.3) is 11.8 Å². The van der Waals surface area contributed by atoms with Gasteiger partial charge in [0.05, 0.1) is 19.8 Å². The van der Waals surface area contributed by atoms with Crippen LogP contribution < -0.4 is 4.74 Å². The van der Waals surface area contributed by atoms with E-state index in [1.165, 1.54) is 0 Å². The maximum absolute atomic E-state index is 12.7. The molecule has 2 fully saturated rings. The van der Waals surface area contributed by atoms with E-state index in [9.17, 15) is 9.59 Å². The Morgan fingerprint density at radius 3 is 2.23 bits per heavy atom. The molecule has 0 aromatic heterocycles. The van der Waals surface area contributed by atoms with Gasteiger partial charge in [-0.3, -0.25) is 9.59 Å². The molecule has 6 nitrogen and oxygen atoms in total. The predicted molar refractivity (Wildman–Crippen MR) is 118 cm³/mol. The van der Waals surface area contributed by atoms with E-state index in [1.54, 1.807) is 0 Å². The number of benzene rings is 2. The smallest absolute Gasteiger partial charge is 0.254 e. The third-order valence-corrected chi connectivity index (χ3v) is 6.05. The van der Waals surface area contributed by atoms with E-state index in [-0.39, 0.29) is 11.8 Å². The van der Waals surface area contributed by atoms with E-state index in [0.29, 0.717) is 44.4 Å². The number of hydrogen-bond acceptors (Lipinski definition) is 4. The quantitative estimate of drug-likeness (QED) is 0.741. The van der Waals surface area contributed by atoms with Gasteiger partial charge in [-0.1, -0.05) is 17.7 Å². The Kier molecular flexibility index (Phi) is 6.87. The second kappa shape index (κ2) is 9.96. The molecule has 164 valence electrons. The van der Waals surface area contributed by atoms with Crippen LogP contribution in [0.1, 0.15) is 39.1 Å². The van der Waals surface area contributed by atoms with Gasteiger partial charge in [-0.25, -0.2) is 0 Å². The number of hydrogen-bond donors (Lipinski definition) is 0. The zero-order valence-electron chi connectivity index (χ0n) is 18.1. The van der Waals surface area contributed by atoms with Gasteiger partial charge in [0.15, 0.2) is 0 Å². The zero-order chi connectivity index (χ0) is 21.6. The number of nitrogens with zero attached hydrogens (tertiary/aromatic N) is 2. The first-order valence-electron chi connectivity index (χ1n) is 11.1. The van der Waals surface area contributed by atoms with Crippen molar-refractivity contribution in [2.75, 3.05) is 46.0 Å². The van der Waals surface area contributed by atoms with Crippen molar-refractivity contribution in [3.63, 3.8) is 0 Å². The van der Waals surface area contributed by atoms with E-state index in [1.807, 2.05) is 65.3 Å². The first-order chi connectivity index (χ1) is 15.1. The highest BCUT2D eigenvalue weighted by atomic mass is 16.5. The Labute approximate surface area is 183 Å². The summed E-state index contributed by atoms with van der Waals surface area (Å²) in [6.07, 6.45) is 1.87. The van der Waals surface area contributed by atoms with Crippen molar-refractivity contribution in [2.24, 2.45) is 5.92 Å². The Balaban J connectivity index is 1.23. The highest BCUT2D eigenvalue weighted by molar-refractivity contribution is 5.95. The second-order valence-corrected chi connectivity index (χ2v) is 8.35. The SMILES string of the molecule is Cc1cccc(C(=O)N2CCC(COc3ccc(C(=O)N4CCOCC4)cc3)CC2)c1. The number of carbonyl (C=O) groups excluding carboxylic acids is 2. The number of aryl methyl sites for hydroxylation is 1. The van der Waals surface area contributed by atoms with Crippen molar-refractivity contribution < 1.29 is 19.1 Å². The number of likely N-dealkylation sites (tertiary alicyclic amines) is 1. The molecular formula is C25H30N2O4. The van der Waals surface area contributed by atoms with Crippen molar-refractivity contribution in [1.82, 2.24) is 9.80 Å². The van der Waals surface area contributed by atoms with E-state index in [2.05, 4.69) is 0 Å². The minimum Gasteiger partial charge on any atom is -0.493 e. The van der Waals surface area contributed by atoms with Crippen LogP contribution in [0, 0.1) is 12.8 Å². The van der Waals surface area contributed by atoms with E-state index < -0.39 is 0 Å². The molecule has 0 radical (unpaired) electrons. The molecule has 2 heterocycles. The molecule has 6 heteroatoms. The van der Waals surface area contributed by atoms with E-state index >= 15 is 0 Å². The molecule has 0 spiro atoms. The number of morpholine rings is 1. The highest BCUT2D eigenvalue weighted by Gasteiger charge is 2.24. The van der Waals surface area contributed by atoms with Gasteiger partial charge in [0.1, 0.15) is 5.75 Å². The van der Waals surface area contributed by atoms with Crippen LogP contribution in [0.3, 0.4) is 0 Å². The molecule has 0 aliphatic carbocycles. The molecule has 2 aromatic carbocycles. The topological polar surface area (TPSA) is 59.1 Å². The normalized spacial score (nSPS) is 17.5. The van der Waals surface area contributed by atoms with Crippen LogP contribution in [-0.4, -0.2) is 67.6 Å². The fourth-order valence-electron chi connectivity index (χ4n) is 4.12. The maximum Gasteiger partial charge on any atom is 0.254 e. The van der Waals surface area contributed by atoms with Gasteiger partial charge >= 0.3 is 0 Å². The van der Waals surface area contributed by atoms with Crippen molar-refractivity contribution in [2.45, 2.75) is 19.8 Å². The summed E-state index contributed by atoms with van der Waals surface area (Å²) in [5.41, 5.74) is 2.55. The number of ether oxygens (including phenoxy) is 2. The molecule has 31 heavy (non-hydrogen) atoms. The first-order valence-corrected chi connectivity index (χ1v) is 11.1. The maximum atomic E-state index is 12.7. The minimum atomic E-state index is 0.0421. The number of carbonyl (C=O) groups is 2. The molecule has 2 aliphatic rings. The van der Waals surface area contributed by atoms with Crippen LogP contribution in [0.2, 0.25) is 0 Å². The van der Waals surface area contributed by atoms with Crippen LogP contribution in [-0.2, 0) is 4.74 Å². The minimum absolute atomic E-state index is 0.0421. The number of piperidine rings is 1. The molecule has 4 rings (SSSR count). The molecule has 0 N–H and O–H groups in total. The van der Waals surface area contributed by atoms with Gasteiger partial charge < -0.3 is 19.3 Å². The van der Waals surface area contributed by atoms with Gasteiger partial charge in [0.2, 0.25) is 0 Å². The lowest BCUT2D eigenvalue weighted by atomic mass is 9.97. The lowest BCUT2D eigenvalue weighted by Crippen LogP contribution is -2.40. The first kappa shape index (κ1) is 21.4. The van der Waals surface area contributed by atoms with Gasteiger partial charge in [0, 0.05) is 37.3 Å².